The van der Waals surface area contributed by atoms with Gasteiger partial charge in [-0.15, -0.1) is 0 Å². The highest BCUT2D eigenvalue weighted by Gasteiger charge is 2.23. The Morgan fingerprint density at radius 2 is 1.07 bits per heavy atom. The third-order valence-electron chi connectivity index (χ3n) is 11.0. The van der Waals surface area contributed by atoms with E-state index >= 15 is 0 Å². The highest BCUT2D eigenvalue weighted by atomic mass is 16.3. The van der Waals surface area contributed by atoms with Gasteiger partial charge in [0, 0.05) is 32.8 Å². The molecule has 3 aromatic heterocycles. The van der Waals surface area contributed by atoms with Crippen LogP contribution in [0.3, 0.4) is 0 Å². The summed E-state index contributed by atoms with van der Waals surface area (Å²) in [6, 6.07) is 64.4. The van der Waals surface area contributed by atoms with Gasteiger partial charge in [0.25, 0.3) is 0 Å². The molecule has 0 saturated carbocycles. The molecule has 7 nitrogen and oxygen atoms in total. The van der Waals surface area contributed by atoms with Gasteiger partial charge in [-0.25, -0.2) is 4.98 Å². The number of nitrogens with two attached hydrogens (primary N) is 1. The molecule has 0 atom stereocenters. The van der Waals surface area contributed by atoms with Crippen LogP contribution in [0.15, 0.2) is 197 Å². The Kier molecular flexibility index (Phi) is 7.65. The van der Waals surface area contributed by atoms with Gasteiger partial charge in [-0.1, -0.05) is 133 Å². The number of aliphatic imine (C=N–C) groups is 1. The number of rotatable bonds is 5. The van der Waals surface area contributed by atoms with E-state index in [0.717, 1.165) is 77.1 Å². The van der Waals surface area contributed by atoms with Gasteiger partial charge in [-0.3, -0.25) is 9.98 Å². The first-order chi connectivity index (χ1) is 28.6. The zero-order valence-corrected chi connectivity index (χ0v) is 31.2. The molecular formula is C51H34N6O. The Morgan fingerprint density at radius 1 is 0.517 bits per heavy atom. The molecule has 0 fully saturated rings. The lowest BCUT2D eigenvalue weighted by atomic mass is 9.98. The van der Waals surface area contributed by atoms with Gasteiger partial charge in [0.05, 0.1) is 27.6 Å². The summed E-state index contributed by atoms with van der Waals surface area (Å²) in [5, 5.41) is 13.6. The van der Waals surface area contributed by atoms with Gasteiger partial charge in [0.1, 0.15) is 5.52 Å². The van der Waals surface area contributed by atoms with Gasteiger partial charge in [-0.05, 0) is 76.9 Å². The van der Waals surface area contributed by atoms with Crippen molar-refractivity contribution in [2.24, 2.45) is 10.7 Å². The van der Waals surface area contributed by atoms with Crippen LogP contribution >= 0.6 is 0 Å². The van der Waals surface area contributed by atoms with Crippen molar-refractivity contribution in [3.05, 3.63) is 194 Å². The zero-order chi connectivity index (χ0) is 38.7. The van der Waals surface area contributed by atoms with Crippen LogP contribution < -0.4 is 5.73 Å². The molecule has 7 heteroatoms. The molecule has 3 N–H and O–H groups in total. The van der Waals surface area contributed by atoms with Crippen LogP contribution in [-0.4, -0.2) is 25.9 Å². The average Bonchev–Trinajstić information content (AvgIpc) is 3.98. The van der Waals surface area contributed by atoms with Gasteiger partial charge in [0.15, 0.2) is 11.4 Å². The van der Waals surface area contributed by atoms with Crippen molar-refractivity contribution in [1.29, 1.82) is 5.41 Å². The van der Waals surface area contributed by atoms with Crippen molar-refractivity contribution in [2.75, 3.05) is 0 Å². The van der Waals surface area contributed by atoms with Crippen LogP contribution in [0.1, 0.15) is 5.56 Å². The fourth-order valence-corrected chi connectivity index (χ4v) is 8.41. The maximum Gasteiger partial charge on any atom is 0.227 e. The molecular weight excluding hydrogens is 713 g/mol. The van der Waals surface area contributed by atoms with Crippen molar-refractivity contribution in [1.82, 2.24) is 14.1 Å². The summed E-state index contributed by atoms with van der Waals surface area (Å²) >= 11 is 0. The molecule has 0 aliphatic rings. The Morgan fingerprint density at radius 3 is 1.72 bits per heavy atom. The molecule has 0 amide bonds. The fourth-order valence-electron chi connectivity index (χ4n) is 8.41. The third-order valence-corrected chi connectivity index (χ3v) is 11.0. The van der Waals surface area contributed by atoms with Crippen LogP contribution in [0.4, 0.5) is 0 Å². The van der Waals surface area contributed by atoms with Crippen molar-refractivity contribution >= 4 is 66.5 Å². The van der Waals surface area contributed by atoms with E-state index in [1.807, 2.05) is 77.4 Å². The molecule has 0 saturated heterocycles. The fraction of sp³-hybridized carbons (Fsp3) is 0. The minimum Gasteiger partial charge on any atom is -0.435 e. The molecule has 58 heavy (non-hydrogen) atoms. The summed E-state index contributed by atoms with van der Waals surface area (Å²) in [7, 11) is 0. The maximum absolute atomic E-state index is 9.34. The Hall–Kier alpha value is -8.03. The first-order valence-corrected chi connectivity index (χ1v) is 19.2. The predicted molar refractivity (Wildman–Crippen MR) is 238 cm³/mol. The second-order valence-electron chi connectivity index (χ2n) is 14.4. The topological polar surface area (TPSA) is 98.1 Å². The normalized spacial score (nSPS) is 12.0. The molecule has 0 aliphatic heterocycles. The summed E-state index contributed by atoms with van der Waals surface area (Å²) < 4.78 is 10.7. The number of hydrogen-bond donors (Lipinski definition) is 2. The molecule has 274 valence electrons. The molecule has 11 rings (SSSR count). The zero-order valence-electron chi connectivity index (χ0n) is 31.2. The van der Waals surface area contributed by atoms with E-state index in [4.69, 9.17) is 20.1 Å². The van der Waals surface area contributed by atoms with E-state index in [2.05, 4.69) is 120 Å². The lowest BCUT2D eigenvalue weighted by Gasteiger charge is -2.15. The number of benzene rings is 8. The van der Waals surface area contributed by atoms with Crippen LogP contribution in [0, 0.1) is 5.41 Å². The van der Waals surface area contributed by atoms with Crippen molar-refractivity contribution in [3.8, 4) is 39.4 Å². The monoisotopic (exact) mass is 746 g/mol. The van der Waals surface area contributed by atoms with Crippen molar-refractivity contribution < 1.29 is 4.42 Å². The van der Waals surface area contributed by atoms with E-state index in [1.54, 1.807) is 0 Å². The largest absolute Gasteiger partial charge is 0.435 e. The highest BCUT2D eigenvalue weighted by Crippen LogP contribution is 2.42. The minimum absolute atomic E-state index is 0.0272. The third kappa shape index (κ3) is 5.33. The minimum atomic E-state index is -0.0272. The number of aromatic nitrogens is 3. The van der Waals surface area contributed by atoms with Crippen LogP contribution in [0.25, 0.3) is 94.1 Å². The lowest BCUT2D eigenvalue weighted by molar-refractivity contribution is 0.619. The second kappa shape index (κ2) is 13.3. The predicted octanol–water partition coefficient (Wildman–Crippen LogP) is 12.2. The molecule has 0 radical (unpaired) electrons. The Labute approximate surface area is 333 Å². The Bertz CT molecular complexity index is 3350. The van der Waals surface area contributed by atoms with Crippen LogP contribution in [0.5, 0.6) is 0 Å². The summed E-state index contributed by atoms with van der Waals surface area (Å²) in [5.74, 6) is 0.626. The lowest BCUT2D eigenvalue weighted by Crippen LogP contribution is -2.24. The first kappa shape index (κ1) is 33.3. The number of para-hydroxylation sites is 3. The number of fused-ring (bicyclic) bond motifs is 8. The maximum atomic E-state index is 9.34. The van der Waals surface area contributed by atoms with Crippen molar-refractivity contribution in [3.63, 3.8) is 0 Å². The number of hydrogen-bond acceptors (Lipinski definition) is 3. The molecule has 11 aromatic rings. The highest BCUT2D eigenvalue weighted by molar-refractivity contribution is 6.26. The molecule has 8 aromatic carbocycles. The summed E-state index contributed by atoms with van der Waals surface area (Å²) in [5.41, 5.74) is 19.0. The van der Waals surface area contributed by atoms with Gasteiger partial charge in [-0.2, -0.15) is 4.99 Å². The number of oxazole rings is 1. The SMILES string of the molecule is N=C(N=C(N)n1c2ccccc2c2ccc3c4ccccc4n(-c4cc(-c5ccccc5)cc(-c5ccccc5)c4)c3c21)c1cccc2nc(-c3ccccc3)oc12. The van der Waals surface area contributed by atoms with Crippen molar-refractivity contribution in [2.45, 2.75) is 0 Å². The van der Waals surface area contributed by atoms with E-state index in [-0.39, 0.29) is 11.8 Å². The summed E-state index contributed by atoms with van der Waals surface area (Å²) in [6.45, 7) is 0. The summed E-state index contributed by atoms with van der Waals surface area (Å²) in [6.07, 6.45) is 0. The molecule has 0 unspecified atom stereocenters. The van der Waals surface area contributed by atoms with Gasteiger partial charge < -0.3 is 14.7 Å². The average molecular weight is 747 g/mol. The van der Waals surface area contributed by atoms with E-state index in [0.29, 0.717) is 22.6 Å². The number of nitrogens with zero attached hydrogens (tertiary/aromatic N) is 4. The second-order valence-corrected chi connectivity index (χ2v) is 14.4. The number of amidine groups is 1. The van der Waals surface area contributed by atoms with Gasteiger partial charge >= 0.3 is 0 Å². The quantitative estimate of drug-likeness (QED) is 0.135. The van der Waals surface area contributed by atoms with E-state index in [9.17, 15) is 5.41 Å². The smallest absolute Gasteiger partial charge is 0.227 e. The van der Waals surface area contributed by atoms with Crippen LogP contribution in [0.2, 0.25) is 0 Å². The van der Waals surface area contributed by atoms with E-state index in [1.165, 1.54) is 0 Å². The molecule has 0 bridgehead atoms. The molecule has 0 aliphatic carbocycles. The molecule has 0 spiro atoms. The van der Waals surface area contributed by atoms with E-state index < -0.39 is 0 Å². The first-order valence-electron chi connectivity index (χ1n) is 19.2. The molecule has 3 heterocycles. The van der Waals surface area contributed by atoms with Crippen LogP contribution in [-0.2, 0) is 0 Å². The van der Waals surface area contributed by atoms with Gasteiger partial charge in [0.2, 0.25) is 11.9 Å². The standard InChI is InChI=1S/C51H34N6O/c52-49(42-23-14-24-43-48(42)58-50(54-43)34-19-8-3-9-20-34)55-51(53)57-45-26-13-11-22-39(45)41-28-27-40-38-21-10-12-25-44(38)56(46(40)47(41)57)37-30-35(32-15-4-1-5-16-32)29-36(31-37)33-17-6-2-7-18-33/h1-31H,(H3,52,53,55). The Balaban J connectivity index is 1.18. The number of nitrogens with one attached hydrogen (secondary N) is 1. The summed E-state index contributed by atoms with van der Waals surface area (Å²) in [4.78, 5) is 9.57.